The number of aliphatic hydroxyl groups excluding tert-OH is 1. The predicted molar refractivity (Wildman–Crippen MR) is 110 cm³/mol. The molecule has 0 fully saturated rings. The fourth-order valence-electron chi connectivity index (χ4n) is 2.52. The quantitative estimate of drug-likeness (QED) is 0.214. The minimum absolute atomic E-state index is 0.188. The van der Waals surface area contributed by atoms with Gasteiger partial charge in [0.2, 0.25) is 0 Å². The third-order valence-corrected chi connectivity index (χ3v) is 10.1. The largest absolute Gasteiger partial charge is 0.414 e. The molecule has 0 aliphatic carbocycles. The van der Waals surface area contributed by atoms with Crippen LogP contribution in [0.2, 0.25) is 18.1 Å². The second kappa shape index (κ2) is 10.0. The van der Waals surface area contributed by atoms with Crippen molar-refractivity contribution < 1.29 is 14.3 Å². The van der Waals surface area contributed by atoms with Crippen LogP contribution in [0.25, 0.3) is 0 Å². The molecule has 25 heavy (non-hydrogen) atoms. The minimum Gasteiger partial charge on any atom is -0.414 e. The van der Waals surface area contributed by atoms with E-state index in [1.165, 1.54) is 19.3 Å². The van der Waals surface area contributed by atoms with Gasteiger partial charge in [0.25, 0.3) is 0 Å². The normalized spacial score (nSPS) is 16.6. The molecule has 148 valence electrons. The molecule has 0 aromatic rings. The Morgan fingerprint density at radius 1 is 1.16 bits per heavy atom. The topological polar surface area (TPSA) is 46.5 Å². The molecule has 0 unspecified atom stereocenters. The summed E-state index contributed by atoms with van der Waals surface area (Å²) in [6.45, 7) is 19.0. The highest BCUT2D eigenvalue weighted by Crippen LogP contribution is 2.38. The molecule has 0 rings (SSSR count). The average molecular weight is 371 g/mol. The Hall–Kier alpha value is -0.453. The molecule has 0 aliphatic heterocycles. The number of rotatable bonds is 11. The minimum atomic E-state index is -1.82. The smallest absolute Gasteiger partial charge is 0.192 e. The average Bonchev–Trinajstić information content (AvgIpc) is 2.50. The maximum absolute atomic E-state index is 11.2. The fraction of sp³-hybridized carbons (Fsp3) is 0.857. The van der Waals surface area contributed by atoms with Gasteiger partial charge in [0, 0.05) is 6.10 Å². The molecule has 0 spiro atoms. The number of aliphatic hydroxyl groups is 1. The van der Waals surface area contributed by atoms with Crippen molar-refractivity contribution in [3.63, 3.8) is 0 Å². The summed E-state index contributed by atoms with van der Waals surface area (Å²) in [5, 5.41) is 10.6. The summed E-state index contributed by atoms with van der Waals surface area (Å²) in [6.07, 6.45) is 7.80. The molecule has 0 saturated carbocycles. The summed E-state index contributed by atoms with van der Waals surface area (Å²) in [5.74, 6) is 0. The lowest BCUT2D eigenvalue weighted by atomic mass is 9.84. The summed E-state index contributed by atoms with van der Waals surface area (Å²) < 4.78 is 6.63. The van der Waals surface area contributed by atoms with Crippen LogP contribution in [0.4, 0.5) is 0 Å². The van der Waals surface area contributed by atoms with Gasteiger partial charge in [0.1, 0.15) is 6.29 Å². The number of carbonyl (C=O) groups excluding carboxylic acids is 1. The summed E-state index contributed by atoms with van der Waals surface area (Å²) in [6, 6.07) is 0. The Labute approximate surface area is 157 Å². The van der Waals surface area contributed by atoms with Crippen molar-refractivity contribution in [2.75, 3.05) is 0 Å². The number of hydrogen-bond acceptors (Lipinski definition) is 3. The lowest BCUT2D eigenvalue weighted by molar-refractivity contribution is -0.118. The highest BCUT2D eigenvalue weighted by molar-refractivity contribution is 6.74. The van der Waals surface area contributed by atoms with E-state index in [9.17, 15) is 9.90 Å². The maximum Gasteiger partial charge on any atom is 0.192 e. The Morgan fingerprint density at radius 3 is 2.16 bits per heavy atom. The van der Waals surface area contributed by atoms with Crippen molar-refractivity contribution >= 4 is 14.6 Å². The Bertz CT molecular complexity index is 433. The SMILES string of the molecule is CCCCC[C@H](C/C=C(\C)[C@@H](O)C(C)(C)C=O)O[Si](C)(C)C(C)(C)C. The Balaban J connectivity index is 5.12. The van der Waals surface area contributed by atoms with E-state index in [-0.39, 0.29) is 11.1 Å². The van der Waals surface area contributed by atoms with E-state index in [1.807, 2.05) is 6.92 Å². The first-order valence-corrected chi connectivity index (χ1v) is 12.7. The lowest BCUT2D eigenvalue weighted by Gasteiger charge is -2.39. The second-order valence-electron chi connectivity index (χ2n) is 9.52. The molecule has 0 aromatic carbocycles. The fourth-order valence-corrected chi connectivity index (χ4v) is 3.92. The first kappa shape index (κ1) is 24.5. The van der Waals surface area contributed by atoms with Crippen LogP contribution in [0.3, 0.4) is 0 Å². The lowest BCUT2D eigenvalue weighted by Crippen LogP contribution is -2.44. The van der Waals surface area contributed by atoms with Gasteiger partial charge in [-0.15, -0.1) is 0 Å². The second-order valence-corrected chi connectivity index (χ2v) is 14.3. The number of carbonyl (C=O) groups is 1. The van der Waals surface area contributed by atoms with Crippen LogP contribution < -0.4 is 0 Å². The predicted octanol–water partition coefficient (Wildman–Crippen LogP) is 5.88. The van der Waals surface area contributed by atoms with Crippen molar-refractivity contribution in [1.82, 2.24) is 0 Å². The maximum atomic E-state index is 11.2. The van der Waals surface area contributed by atoms with E-state index in [0.717, 1.165) is 24.7 Å². The number of hydrogen-bond donors (Lipinski definition) is 1. The van der Waals surface area contributed by atoms with Crippen LogP contribution in [0.1, 0.15) is 80.6 Å². The van der Waals surface area contributed by atoms with Crippen LogP contribution in [0.15, 0.2) is 11.6 Å². The van der Waals surface area contributed by atoms with E-state index >= 15 is 0 Å². The standard InChI is InChI=1S/C21H42O3Si/c1-10-11-12-13-18(24-25(8,9)20(3,4)5)15-14-17(2)19(23)21(6,7)16-22/h14,16,18-19,23H,10-13,15H2,1-9H3/b17-14+/t18-,19-/m1/s1. The Kier molecular flexibility index (Phi) is 9.85. The van der Waals surface area contributed by atoms with E-state index in [4.69, 9.17) is 4.43 Å². The van der Waals surface area contributed by atoms with Crippen molar-refractivity contribution in [3.05, 3.63) is 11.6 Å². The van der Waals surface area contributed by atoms with Gasteiger partial charge in [0.05, 0.1) is 11.5 Å². The van der Waals surface area contributed by atoms with Crippen LogP contribution in [0, 0.1) is 5.41 Å². The van der Waals surface area contributed by atoms with Gasteiger partial charge in [-0.25, -0.2) is 0 Å². The first-order valence-electron chi connectivity index (χ1n) is 9.77. The van der Waals surface area contributed by atoms with Crippen molar-refractivity contribution in [2.45, 2.75) is 111 Å². The van der Waals surface area contributed by atoms with Crippen LogP contribution in [0.5, 0.6) is 0 Å². The molecule has 0 aromatic heterocycles. The van der Waals surface area contributed by atoms with E-state index < -0.39 is 19.8 Å². The molecule has 1 N–H and O–H groups in total. The van der Waals surface area contributed by atoms with E-state index in [0.29, 0.717) is 0 Å². The molecule has 2 atom stereocenters. The molecule has 0 bridgehead atoms. The van der Waals surface area contributed by atoms with Gasteiger partial charge in [-0.1, -0.05) is 66.9 Å². The zero-order chi connectivity index (χ0) is 19.9. The van der Waals surface area contributed by atoms with Crippen molar-refractivity contribution in [3.8, 4) is 0 Å². The van der Waals surface area contributed by atoms with E-state index in [1.54, 1.807) is 13.8 Å². The zero-order valence-electron chi connectivity index (χ0n) is 18.1. The molecule has 0 heterocycles. The molecular weight excluding hydrogens is 328 g/mol. The highest BCUT2D eigenvalue weighted by Gasteiger charge is 2.39. The third-order valence-electron chi connectivity index (χ3n) is 5.54. The molecule has 0 radical (unpaired) electrons. The van der Waals surface area contributed by atoms with Crippen molar-refractivity contribution in [1.29, 1.82) is 0 Å². The van der Waals surface area contributed by atoms with Gasteiger partial charge in [-0.05, 0) is 43.5 Å². The first-order chi connectivity index (χ1) is 11.3. The third kappa shape index (κ3) is 8.18. The number of aldehydes is 1. The summed E-state index contributed by atoms with van der Waals surface area (Å²) in [5.41, 5.74) is 0.106. The van der Waals surface area contributed by atoms with Gasteiger partial charge in [-0.3, -0.25) is 0 Å². The monoisotopic (exact) mass is 370 g/mol. The van der Waals surface area contributed by atoms with Gasteiger partial charge in [-0.2, -0.15) is 0 Å². The molecule has 4 heteroatoms. The van der Waals surface area contributed by atoms with Crippen LogP contribution in [-0.4, -0.2) is 31.9 Å². The summed E-state index contributed by atoms with van der Waals surface area (Å²) in [7, 11) is -1.82. The number of unbranched alkanes of at least 4 members (excludes halogenated alkanes) is 2. The van der Waals surface area contributed by atoms with Crippen LogP contribution in [-0.2, 0) is 9.22 Å². The van der Waals surface area contributed by atoms with Gasteiger partial charge in [0.15, 0.2) is 8.32 Å². The summed E-state index contributed by atoms with van der Waals surface area (Å²) >= 11 is 0. The van der Waals surface area contributed by atoms with Gasteiger partial charge >= 0.3 is 0 Å². The molecule has 0 aliphatic rings. The zero-order valence-corrected chi connectivity index (χ0v) is 19.1. The molecule has 3 nitrogen and oxygen atoms in total. The summed E-state index contributed by atoms with van der Waals surface area (Å²) in [4.78, 5) is 11.2. The molecule has 0 saturated heterocycles. The van der Waals surface area contributed by atoms with E-state index in [2.05, 4.69) is 46.9 Å². The molecule has 0 amide bonds. The Morgan fingerprint density at radius 2 is 1.72 bits per heavy atom. The van der Waals surface area contributed by atoms with Gasteiger partial charge < -0.3 is 14.3 Å². The van der Waals surface area contributed by atoms with Crippen LogP contribution >= 0.6 is 0 Å². The highest BCUT2D eigenvalue weighted by atomic mass is 28.4. The van der Waals surface area contributed by atoms with Crippen molar-refractivity contribution in [2.24, 2.45) is 5.41 Å². The molecular formula is C21H42O3Si.